The predicted octanol–water partition coefficient (Wildman–Crippen LogP) is 5.47. The second kappa shape index (κ2) is 10.2. The maximum absolute atomic E-state index is 13.7. The number of carbonyl (C=O) groups is 1. The van der Waals surface area contributed by atoms with E-state index in [1.54, 1.807) is 11.3 Å². The Morgan fingerprint density at radius 3 is 2.69 bits per heavy atom. The van der Waals surface area contributed by atoms with Crippen LogP contribution in [0.1, 0.15) is 36.9 Å². The Morgan fingerprint density at radius 1 is 1.14 bits per heavy atom. The van der Waals surface area contributed by atoms with E-state index >= 15 is 0 Å². The average Bonchev–Trinajstić information content (AvgIpc) is 3.67. The molecule has 2 aliphatic rings. The van der Waals surface area contributed by atoms with Gasteiger partial charge in [0.1, 0.15) is 0 Å². The van der Waals surface area contributed by atoms with Crippen molar-refractivity contribution in [3.8, 4) is 11.3 Å². The molecular formula is C29H32N4O2S. The van der Waals surface area contributed by atoms with Crippen molar-refractivity contribution in [2.75, 3.05) is 37.7 Å². The summed E-state index contributed by atoms with van der Waals surface area (Å²) in [7, 11) is 0. The molecule has 2 aliphatic heterocycles. The maximum Gasteiger partial charge on any atom is 0.158 e. The molecule has 1 unspecified atom stereocenters. The van der Waals surface area contributed by atoms with Crippen LogP contribution in [0.3, 0.4) is 0 Å². The molecule has 0 amide bonds. The van der Waals surface area contributed by atoms with Crippen molar-refractivity contribution in [3.63, 3.8) is 0 Å². The SMILES string of the molecule is C[C@H]1CCCN1C(C(=O)Cc1ccc2[nH]nc(-c3ccc(N4CCOCC4)cc3)c2c1)c1ccsc1. The van der Waals surface area contributed by atoms with E-state index in [4.69, 9.17) is 4.74 Å². The molecule has 4 aromatic rings. The van der Waals surface area contributed by atoms with Crippen molar-refractivity contribution in [2.45, 2.75) is 38.3 Å². The van der Waals surface area contributed by atoms with E-state index in [9.17, 15) is 4.79 Å². The zero-order valence-electron chi connectivity index (χ0n) is 20.7. The van der Waals surface area contributed by atoms with Gasteiger partial charge in [0.25, 0.3) is 0 Å². The van der Waals surface area contributed by atoms with Crippen LogP contribution in [0.25, 0.3) is 22.2 Å². The van der Waals surface area contributed by atoms with Crippen molar-refractivity contribution in [1.29, 1.82) is 0 Å². The molecule has 36 heavy (non-hydrogen) atoms. The highest BCUT2D eigenvalue weighted by molar-refractivity contribution is 7.08. The van der Waals surface area contributed by atoms with Gasteiger partial charge in [-0.25, -0.2) is 0 Å². The number of hydrogen-bond donors (Lipinski definition) is 1. The van der Waals surface area contributed by atoms with Crippen molar-refractivity contribution in [2.24, 2.45) is 0 Å². The number of rotatable bonds is 7. The lowest BCUT2D eigenvalue weighted by molar-refractivity contribution is -0.124. The van der Waals surface area contributed by atoms with Gasteiger partial charge in [-0.15, -0.1) is 0 Å². The molecule has 0 radical (unpaired) electrons. The number of anilines is 1. The highest BCUT2D eigenvalue weighted by Crippen LogP contribution is 2.33. The summed E-state index contributed by atoms with van der Waals surface area (Å²) in [5, 5.41) is 13.1. The van der Waals surface area contributed by atoms with Crippen LogP contribution < -0.4 is 4.90 Å². The number of nitrogens with one attached hydrogen (secondary N) is 1. The van der Waals surface area contributed by atoms with Crippen LogP contribution in [0.5, 0.6) is 0 Å². The standard InChI is InChI=1S/C29H32N4O2S/c1-20-3-2-11-33(20)29(23-10-16-36-19-23)27(34)18-21-4-9-26-25(17-21)28(31-30-26)22-5-7-24(8-6-22)32-12-14-35-15-13-32/h4-10,16-17,19-20,29H,2-3,11-15,18H2,1H3,(H,30,31)/t20-,29?/m0/s1. The number of likely N-dealkylation sites (tertiary alicyclic amines) is 1. The molecule has 7 heteroatoms. The molecule has 0 spiro atoms. The van der Waals surface area contributed by atoms with Gasteiger partial charge < -0.3 is 9.64 Å². The first-order chi connectivity index (χ1) is 17.7. The van der Waals surface area contributed by atoms with Crippen LogP contribution in [0.4, 0.5) is 5.69 Å². The molecule has 2 aromatic heterocycles. The van der Waals surface area contributed by atoms with E-state index < -0.39 is 0 Å². The number of benzene rings is 2. The van der Waals surface area contributed by atoms with Gasteiger partial charge in [-0.1, -0.05) is 18.2 Å². The zero-order valence-corrected chi connectivity index (χ0v) is 21.5. The minimum Gasteiger partial charge on any atom is -0.378 e. The monoisotopic (exact) mass is 500 g/mol. The largest absolute Gasteiger partial charge is 0.378 e. The number of aromatic amines is 1. The molecule has 0 bridgehead atoms. The number of aromatic nitrogens is 2. The van der Waals surface area contributed by atoms with Gasteiger partial charge in [0.05, 0.1) is 30.5 Å². The minimum atomic E-state index is -0.166. The smallest absolute Gasteiger partial charge is 0.158 e. The molecule has 2 atom stereocenters. The van der Waals surface area contributed by atoms with E-state index in [1.165, 1.54) is 5.69 Å². The predicted molar refractivity (Wildman–Crippen MR) is 146 cm³/mol. The fourth-order valence-electron chi connectivity index (χ4n) is 5.67. The lowest BCUT2D eigenvalue weighted by Crippen LogP contribution is -2.37. The second-order valence-electron chi connectivity index (χ2n) is 9.93. The first kappa shape index (κ1) is 23.4. The first-order valence-electron chi connectivity index (χ1n) is 12.9. The van der Waals surface area contributed by atoms with Gasteiger partial charge in [0.15, 0.2) is 5.78 Å². The normalized spacial score (nSPS) is 19.7. The number of Topliss-reactive ketones (excluding diaryl/α,β-unsaturated/α-hetero) is 1. The number of ketones is 1. The summed E-state index contributed by atoms with van der Waals surface area (Å²) in [4.78, 5) is 18.4. The molecule has 4 heterocycles. The van der Waals surface area contributed by atoms with Crippen molar-refractivity contribution < 1.29 is 9.53 Å². The topological polar surface area (TPSA) is 61.5 Å². The summed E-state index contributed by atoms with van der Waals surface area (Å²) >= 11 is 1.66. The molecular weight excluding hydrogens is 468 g/mol. The number of nitrogens with zero attached hydrogens (tertiary/aromatic N) is 3. The van der Waals surface area contributed by atoms with Crippen LogP contribution in [0.2, 0.25) is 0 Å². The summed E-state index contributed by atoms with van der Waals surface area (Å²) in [6.07, 6.45) is 2.73. The number of ether oxygens (including phenoxy) is 1. The fraction of sp³-hybridized carbons (Fsp3) is 0.379. The Kier molecular flexibility index (Phi) is 6.61. The van der Waals surface area contributed by atoms with Crippen LogP contribution in [0.15, 0.2) is 59.3 Å². The van der Waals surface area contributed by atoms with Crippen LogP contribution >= 0.6 is 11.3 Å². The Bertz CT molecular complexity index is 1330. The number of thiophene rings is 1. The zero-order chi connectivity index (χ0) is 24.5. The van der Waals surface area contributed by atoms with Crippen LogP contribution in [0, 0.1) is 0 Å². The molecule has 2 fully saturated rings. The summed E-state index contributed by atoms with van der Waals surface area (Å²) in [6, 6.07) is 17.2. The summed E-state index contributed by atoms with van der Waals surface area (Å²) in [5.41, 5.74) is 6.36. The quantitative estimate of drug-likeness (QED) is 0.365. The van der Waals surface area contributed by atoms with Gasteiger partial charge in [-0.3, -0.25) is 14.8 Å². The maximum atomic E-state index is 13.7. The van der Waals surface area contributed by atoms with Crippen molar-refractivity contribution in [3.05, 3.63) is 70.4 Å². The Hall–Kier alpha value is -3.00. The van der Waals surface area contributed by atoms with E-state index in [0.717, 1.165) is 79.0 Å². The van der Waals surface area contributed by atoms with Crippen LogP contribution in [-0.2, 0) is 16.0 Å². The third-order valence-corrected chi connectivity index (χ3v) is 8.32. The molecule has 2 saturated heterocycles. The number of H-pyrrole nitrogens is 1. The molecule has 2 aromatic carbocycles. The third kappa shape index (κ3) is 4.59. The summed E-state index contributed by atoms with van der Waals surface area (Å²) in [6.45, 7) is 6.62. The molecule has 0 aliphatic carbocycles. The van der Waals surface area contributed by atoms with E-state index in [1.807, 2.05) is 0 Å². The summed E-state index contributed by atoms with van der Waals surface area (Å²) < 4.78 is 5.48. The average molecular weight is 501 g/mol. The molecule has 1 N–H and O–H groups in total. The number of hydrogen-bond acceptors (Lipinski definition) is 6. The fourth-order valence-corrected chi connectivity index (χ4v) is 6.35. The molecule has 6 nitrogen and oxygen atoms in total. The first-order valence-corrected chi connectivity index (χ1v) is 13.8. The van der Waals surface area contributed by atoms with E-state index in [0.29, 0.717) is 12.5 Å². The van der Waals surface area contributed by atoms with Gasteiger partial charge in [0.2, 0.25) is 0 Å². The lowest BCUT2D eigenvalue weighted by atomic mass is 9.96. The minimum absolute atomic E-state index is 0.166. The van der Waals surface area contributed by atoms with Crippen molar-refractivity contribution in [1.82, 2.24) is 15.1 Å². The van der Waals surface area contributed by atoms with Crippen LogP contribution in [-0.4, -0.2) is 59.8 Å². The number of carbonyl (C=O) groups excluding carboxylic acids is 1. The molecule has 6 rings (SSSR count). The lowest BCUT2D eigenvalue weighted by Gasteiger charge is -2.30. The Labute approximate surface area is 215 Å². The highest BCUT2D eigenvalue weighted by Gasteiger charge is 2.33. The van der Waals surface area contributed by atoms with Crippen molar-refractivity contribution >= 4 is 33.7 Å². The number of morpholine rings is 1. The van der Waals surface area contributed by atoms with E-state index in [-0.39, 0.29) is 11.8 Å². The van der Waals surface area contributed by atoms with Gasteiger partial charge in [-0.05, 0) is 78.5 Å². The Balaban J connectivity index is 1.25. The molecule has 186 valence electrons. The summed E-state index contributed by atoms with van der Waals surface area (Å²) in [5.74, 6) is 0.265. The van der Waals surface area contributed by atoms with Gasteiger partial charge in [0, 0.05) is 42.2 Å². The van der Waals surface area contributed by atoms with E-state index in [2.05, 4.69) is 86.2 Å². The number of fused-ring (bicyclic) bond motifs is 1. The second-order valence-corrected chi connectivity index (χ2v) is 10.7. The van der Waals surface area contributed by atoms with Gasteiger partial charge in [-0.2, -0.15) is 16.4 Å². The van der Waals surface area contributed by atoms with Gasteiger partial charge >= 0.3 is 0 Å². The third-order valence-electron chi connectivity index (χ3n) is 7.62. The molecule has 0 saturated carbocycles. The Morgan fingerprint density at radius 2 is 1.97 bits per heavy atom. The highest BCUT2D eigenvalue weighted by atomic mass is 32.1.